The third-order valence-corrected chi connectivity index (χ3v) is 4.30. The van der Waals surface area contributed by atoms with Gasteiger partial charge < -0.3 is 5.11 Å². The molecule has 1 atom stereocenters. The zero-order valence-corrected chi connectivity index (χ0v) is 13.5. The van der Waals surface area contributed by atoms with E-state index in [1.165, 1.54) is 18.1 Å². The third-order valence-electron chi connectivity index (χ3n) is 4.30. The molecular weight excluding hydrogens is 286 g/mol. The molecule has 3 nitrogen and oxygen atoms in total. The number of rotatable bonds is 4. The predicted octanol–water partition coefficient (Wildman–Crippen LogP) is 3.95. The summed E-state index contributed by atoms with van der Waals surface area (Å²) in [5, 5.41) is 10.3. The first-order chi connectivity index (χ1) is 11.1. The van der Waals surface area contributed by atoms with E-state index in [2.05, 4.69) is 36.1 Å². The first kappa shape index (κ1) is 15.5. The fraction of sp³-hybridized carbons (Fsp3) is 0.250. The van der Waals surface area contributed by atoms with Crippen LogP contribution in [0.1, 0.15) is 29.7 Å². The van der Waals surface area contributed by atoms with Crippen molar-refractivity contribution in [3.05, 3.63) is 82.6 Å². The minimum Gasteiger partial charge on any atom is -0.510 e. The van der Waals surface area contributed by atoms with Gasteiger partial charge in [0.2, 0.25) is 0 Å². The highest BCUT2D eigenvalue weighted by Crippen LogP contribution is 2.37. The van der Waals surface area contributed by atoms with Crippen molar-refractivity contribution in [3.63, 3.8) is 0 Å². The van der Waals surface area contributed by atoms with Crippen LogP contribution >= 0.6 is 0 Å². The molecule has 1 heterocycles. The van der Waals surface area contributed by atoms with Crippen molar-refractivity contribution in [2.75, 3.05) is 6.54 Å². The van der Waals surface area contributed by atoms with E-state index in [-0.39, 0.29) is 17.6 Å². The number of aryl methyl sites for hydroxylation is 1. The summed E-state index contributed by atoms with van der Waals surface area (Å²) in [6.45, 7) is 4.69. The quantitative estimate of drug-likeness (QED) is 0.929. The van der Waals surface area contributed by atoms with Crippen LogP contribution in [0.3, 0.4) is 0 Å². The molecular formula is C20H21NO2. The van der Waals surface area contributed by atoms with Crippen molar-refractivity contribution < 1.29 is 9.90 Å². The van der Waals surface area contributed by atoms with Crippen LogP contribution in [0.2, 0.25) is 0 Å². The Morgan fingerprint density at radius 2 is 1.78 bits per heavy atom. The number of carbonyl (C=O) groups excluding carboxylic acids is 1. The number of Topliss-reactive ketones (excluding diaryl/α,β-unsaturated/α-hetero) is 1. The molecule has 3 heteroatoms. The Hall–Kier alpha value is -2.39. The molecule has 0 saturated heterocycles. The van der Waals surface area contributed by atoms with Crippen molar-refractivity contribution in [3.8, 4) is 0 Å². The van der Waals surface area contributed by atoms with Crippen LogP contribution in [-0.2, 0) is 11.3 Å². The number of hydrogen-bond donors (Lipinski definition) is 1. The molecule has 1 aliphatic heterocycles. The minimum atomic E-state index is -0.185. The van der Waals surface area contributed by atoms with Gasteiger partial charge in [0, 0.05) is 6.54 Å². The number of carbonyl (C=O) groups is 1. The second-order valence-corrected chi connectivity index (χ2v) is 6.12. The fourth-order valence-corrected chi connectivity index (χ4v) is 3.19. The molecule has 1 unspecified atom stereocenters. The molecule has 118 valence electrons. The van der Waals surface area contributed by atoms with Crippen molar-refractivity contribution in [1.29, 1.82) is 0 Å². The van der Waals surface area contributed by atoms with Crippen LogP contribution in [0.4, 0.5) is 0 Å². The van der Waals surface area contributed by atoms with Gasteiger partial charge in [-0.3, -0.25) is 9.69 Å². The Balaban J connectivity index is 1.93. The zero-order valence-electron chi connectivity index (χ0n) is 13.5. The van der Waals surface area contributed by atoms with Gasteiger partial charge in [-0.1, -0.05) is 60.2 Å². The summed E-state index contributed by atoms with van der Waals surface area (Å²) in [6, 6.07) is 18.1. The van der Waals surface area contributed by atoms with E-state index >= 15 is 0 Å². The smallest absolute Gasteiger partial charge is 0.161 e. The van der Waals surface area contributed by atoms with E-state index in [0.717, 1.165) is 5.56 Å². The molecule has 0 aliphatic carbocycles. The fourth-order valence-electron chi connectivity index (χ4n) is 3.19. The normalized spacial score (nSPS) is 18.4. The molecule has 0 aromatic heterocycles. The topological polar surface area (TPSA) is 40.5 Å². The molecule has 23 heavy (non-hydrogen) atoms. The monoisotopic (exact) mass is 307 g/mol. The highest BCUT2D eigenvalue weighted by atomic mass is 16.3. The van der Waals surface area contributed by atoms with Crippen molar-refractivity contribution in [2.24, 2.45) is 0 Å². The molecule has 3 rings (SSSR count). The lowest BCUT2D eigenvalue weighted by Gasteiger charge is -2.26. The zero-order chi connectivity index (χ0) is 16.4. The lowest BCUT2D eigenvalue weighted by atomic mass is 9.96. The minimum absolute atomic E-state index is 0.0669. The molecule has 0 bridgehead atoms. The summed E-state index contributed by atoms with van der Waals surface area (Å²) >= 11 is 0. The van der Waals surface area contributed by atoms with Gasteiger partial charge in [0.15, 0.2) is 5.78 Å². The summed E-state index contributed by atoms with van der Waals surface area (Å²) in [7, 11) is 0. The van der Waals surface area contributed by atoms with E-state index in [9.17, 15) is 9.90 Å². The van der Waals surface area contributed by atoms with Gasteiger partial charge in [0.1, 0.15) is 5.76 Å². The van der Waals surface area contributed by atoms with Crippen molar-refractivity contribution >= 4 is 5.78 Å². The summed E-state index contributed by atoms with van der Waals surface area (Å²) in [6.07, 6.45) is 0. The average Bonchev–Trinajstić information content (AvgIpc) is 2.86. The van der Waals surface area contributed by atoms with Crippen LogP contribution in [0.5, 0.6) is 0 Å². The molecule has 1 aliphatic rings. The van der Waals surface area contributed by atoms with Crippen molar-refractivity contribution in [2.45, 2.75) is 26.4 Å². The number of aliphatic hydroxyl groups is 1. The molecule has 2 aromatic rings. The third kappa shape index (κ3) is 3.20. The maximum Gasteiger partial charge on any atom is 0.161 e. The molecule has 0 amide bonds. The molecule has 1 N–H and O–H groups in total. The van der Waals surface area contributed by atoms with Crippen LogP contribution in [0.25, 0.3) is 0 Å². The SMILES string of the molecule is CC(=O)C1=C(O)CN(Cc2ccc(C)cc2)C1c1ccccc1. The Morgan fingerprint density at radius 1 is 1.13 bits per heavy atom. The number of hydrogen-bond acceptors (Lipinski definition) is 3. The standard InChI is InChI=1S/C20H21NO2/c1-14-8-10-16(11-9-14)12-21-13-18(23)19(15(2)22)20(21)17-6-4-3-5-7-17/h3-11,20,23H,12-13H2,1-2H3. The largest absolute Gasteiger partial charge is 0.510 e. The lowest BCUT2D eigenvalue weighted by molar-refractivity contribution is -0.114. The maximum atomic E-state index is 12.0. The Morgan fingerprint density at radius 3 is 2.39 bits per heavy atom. The first-order valence-corrected chi connectivity index (χ1v) is 7.83. The number of nitrogens with zero attached hydrogens (tertiary/aromatic N) is 1. The van der Waals surface area contributed by atoms with Crippen LogP contribution in [0.15, 0.2) is 65.9 Å². The first-order valence-electron chi connectivity index (χ1n) is 7.83. The van der Waals surface area contributed by atoms with Gasteiger partial charge in [-0.25, -0.2) is 0 Å². The Kier molecular flexibility index (Phi) is 4.30. The summed E-state index contributed by atoms with van der Waals surface area (Å²) in [4.78, 5) is 14.2. The van der Waals surface area contributed by atoms with E-state index in [4.69, 9.17) is 0 Å². The second kappa shape index (κ2) is 6.39. The molecule has 0 saturated carbocycles. The molecule has 0 spiro atoms. The molecule has 0 radical (unpaired) electrons. The van der Waals surface area contributed by atoms with E-state index in [1.54, 1.807) is 0 Å². The van der Waals surface area contributed by atoms with E-state index < -0.39 is 0 Å². The number of benzene rings is 2. The van der Waals surface area contributed by atoms with Gasteiger partial charge in [0.25, 0.3) is 0 Å². The summed E-state index contributed by atoms with van der Waals surface area (Å²) in [5.41, 5.74) is 3.95. The lowest BCUT2D eigenvalue weighted by Crippen LogP contribution is -2.26. The predicted molar refractivity (Wildman–Crippen MR) is 91.1 cm³/mol. The van der Waals surface area contributed by atoms with Gasteiger partial charge in [0.05, 0.1) is 18.2 Å². The summed E-state index contributed by atoms with van der Waals surface area (Å²) < 4.78 is 0. The molecule has 0 fully saturated rings. The van der Waals surface area contributed by atoms with Gasteiger partial charge >= 0.3 is 0 Å². The average molecular weight is 307 g/mol. The van der Waals surface area contributed by atoms with Crippen molar-refractivity contribution in [1.82, 2.24) is 4.90 Å². The second-order valence-electron chi connectivity index (χ2n) is 6.12. The van der Waals surface area contributed by atoms with E-state index in [0.29, 0.717) is 18.7 Å². The summed E-state index contributed by atoms with van der Waals surface area (Å²) in [5.74, 6) is 0.126. The Labute approximate surface area is 136 Å². The maximum absolute atomic E-state index is 12.0. The number of aliphatic hydroxyl groups excluding tert-OH is 1. The van der Waals surface area contributed by atoms with Crippen LogP contribution < -0.4 is 0 Å². The highest BCUT2D eigenvalue weighted by Gasteiger charge is 2.36. The Bertz CT molecular complexity index is 732. The van der Waals surface area contributed by atoms with E-state index in [1.807, 2.05) is 30.3 Å². The van der Waals surface area contributed by atoms with Gasteiger partial charge in [-0.05, 0) is 25.0 Å². The molecule has 2 aromatic carbocycles. The van der Waals surface area contributed by atoms with Gasteiger partial charge in [-0.2, -0.15) is 0 Å². The highest BCUT2D eigenvalue weighted by molar-refractivity contribution is 5.95. The van der Waals surface area contributed by atoms with Crippen LogP contribution in [0, 0.1) is 6.92 Å². The van der Waals surface area contributed by atoms with Crippen LogP contribution in [-0.4, -0.2) is 22.3 Å². The van der Waals surface area contributed by atoms with Gasteiger partial charge in [-0.15, -0.1) is 0 Å². The number of ketones is 1.